The van der Waals surface area contributed by atoms with Crippen molar-refractivity contribution in [1.29, 1.82) is 0 Å². The number of carbonyl (C=O) groups excluding carboxylic acids is 1. The van der Waals surface area contributed by atoms with Crippen molar-refractivity contribution in [2.75, 3.05) is 18.4 Å². The summed E-state index contributed by atoms with van der Waals surface area (Å²) in [5.41, 5.74) is -0.635. The molecule has 152 valence electrons. The molecule has 2 aromatic rings. The van der Waals surface area contributed by atoms with Crippen LogP contribution in [0.2, 0.25) is 5.02 Å². The Hall–Kier alpha value is -2.89. The van der Waals surface area contributed by atoms with Crippen molar-refractivity contribution in [2.24, 2.45) is 0 Å². The zero-order chi connectivity index (χ0) is 21.1. The van der Waals surface area contributed by atoms with E-state index in [2.05, 4.69) is 20.7 Å². The molecule has 1 amide bonds. The predicted octanol–water partition coefficient (Wildman–Crippen LogP) is 2.70. The number of anilines is 1. The number of hydrogen-bond donors (Lipinski definition) is 2. The molecule has 0 aliphatic rings. The van der Waals surface area contributed by atoms with E-state index in [9.17, 15) is 28.1 Å². The Morgan fingerprint density at radius 2 is 2.04 bits per heavy atom. The van der Waals surface area contributed by atoms with Gasteiger partial charge in [0.15, 0.2) is 0 Å². The van der Waals surface area contributed by atoms with E-state index < -0.39 is 22.6 Å². The highest BCUT2D eigenvalue weighted by molar-refractivity contribution is 6.32. The number of alkyl halides is 3. The van der Waals surface area contributed by atoms with Crippen molar-refractivity contribution < 1.29 is 22.9 Å². The van der Waals surface area contributed by atoms with E-state index in [4.69, 9.17) is 11.6 Å². The first kappa shape index (κ1) is 21.4. The summed E-state index contributed by atoms with van der Waals surface area (Å²) in [6, 6.07) is 0.755. The lowest BCUT2D eigenvalue weighted by Crippen LogP contribution is -2.32. The van der Waals surface area contributed by atoms with E-state index in [0.717, 1.165) is 6.07 Å². The number of aryl methyl sites for hydroxylation is 1. The molecule has 0 saturated carbocycles. The normalized spacial score (nSPS) is 11.4. The first-order valence-electron chi connectivity index (χ1n) is 7.92. The van der Waals surface area contributed by atoms with E-state index in [0.29, 0.717) is 6.20 Å². The maximum Gasteiger partial charge on any atom is 0.417 e. The van der Waals surface area contributed by atoms with Gasteiger partial charge in [-0.15, -0.1) is 0 Å². The molecule has 0 spiro atoms. The summed E-state index contributed by atoms with van der Waals surface area (Å²) in [6.45, 7) is 3.04. The minimum Gasteiger partial charge on any atom is -0.367 e. The molecule has 0 aliphatic heterocycles. The van der Waals surface area contributed by atoms with Crippen molar-refractivity contribution in [3.8, 4) is 0 Å². The Morgan fingerprint density at radius 1 is 1.36 bits per heavy atom. The van der Waals surface area contributed by atoms with Crippen molar-refractivity contribution in [3.63, 3.8) is 0 Å². The van der Waals surface area contributed by atoms with Gasteiger partial charge in [-0.2, -0.15) is 18.3 Å². The number of pyridine rings is 1. The standard InChI is InChI=1S/C15H16ClF3N6O3/c1-8-13(25(27)28)9(2)24(23-8)7-12(26)20-3-4-21-14-11(16)5-10(6-22-14)15(17,18)19/h5-6H,3-4,7H2,1-2H3,(H,20,26)(H,21,22). The van der Waals surface area contributed by atoms with Crippen LogP contribution in [0.25, 0.3) is 0 Å². The number of halogens is 4. The topological polar surface area (TPSA) is 115 Å². The molecule has 28 heavy (non-hydrogen) atoms. The summed E-state index contributed by atoms with van der Waals surface area (Å²) in [6.07, 6.45) is -3.89. The molecular weight excluding hydrogens is 405 g/mol. The van der Waals surface area contributed by atoms with Gasteiger partial charge < -0.3 is 10.6 Å². The van der Waals surface area contributed by atoms with Gasteiger partial charge in [0.2, 0.25) is 5.91 Å². The fourth-order valence-electron chi connectivity index (χ4n) is 2.40. The molecule has 0 radical (unpaired) electrons. The molecular formula is C15H16ClF3N6O3. The van der Waals surface area contributed by atoms with Crippen LogP contribution in [0.4, 0.5) is 24.7 Å². The average molecular weight is 421 g/mol. The second kappa shape index (κ2) is 8.42. The van der Waals surface area contributed by atoms with Crippen molar-refractivity contribution in [2.45, 2.75) is 26.6 Å². The van der Waals surface area contributed by atoms with Gasteiger partial charge in [0.1, 0.15) is 23.8 Å². The van der Waals surface area contributed by atoms with Crippen LogP contribution in [-0.2, 0) is 17.5 Å². The molecule has 0 unspecified atom stereocenters. The smallest absolute Gasteiger partial charge is 0.367 e. The zero-order valence-corrected chi connectivity index (χ0v) is 15.6. The monoisotopic (exact) mass is 420 g/mol. The van der Waals surface area contributed by atoms with E-state index >= 15 is 0 Å². The van der Waals surface area contributed by atoms with Crippen molar-refractivity contribution in [3.05, 3.63) is 44.4 Å². The molecule has 0 atom stereocenters. The van der Waals surface area contributed by atoms with Crippen LogP contribution >= 0.6 is 11.6 Å². The third kappa shape index (κ3) is 5.09. The van der Waals surface area contributed by atoms with Gasteiger partial charge in [-0.05, 0) is 19.9 Å². The number of aromatic nitrogens is 3. The Balaban J connectivity index is 1.85. The molecule has 0 saturated heterocycles. The Bertz CT molecular complexity index is 900. The lowest BCUT2D eigenvalue weighted by atomic mass is 10.3. The van der Waals surface area contributed by atoms with Gasteiger partial charge in [-0.1, -0.05) is 11.6 Å². The second-order valence-electron chi connectivity index (χ2n) is 5.76. The largest absolute Gasteiger partial charge is 0.417 e. The van der Waals surface area contributed by atoms with Crippen LogP contribution in [0.3, 0.4) is 0 Å². The van der Waals surface area contributed by atoms with Gasteiger partial charge in [0, 0.05) is 19.3 Å². The van der Waals surface area contributed by atoms with Crippen LogP contribution in [0, 0.1) is 24.0 Å². The second-order valence-corrected chi connectivity index (χ2v) is 6.17. The SMILES string of the molecule is Cc1nn(CC(=O)NCCNc2ncc(C(F)(F)F)cc2Cl)c(C)c1[N+](=O)[O-]. The summed E-state index contributed by atoms with van der Waals surface area (Å²) in [5, 5.41) is 20.0. The quantitative estimate of drug-likeness (QED) is 0.404. The first-order valence-corrected chi connectivity index (χ1v) is 8.30. The maximum atomic E-state index is 12.6. The van der Waals surface area contributed by atoms with E-state index in [1.807, 2.05) is 0 Å². The minimum absolute atomic E-state index is 0.0538. The van der Waals surface area contributed by atoms with Gasteiger partial charge in [0.25, 0.3) is 0 Å². The third-order valence-corrected chi connectivity index (χ3v) is 4.02. The highest BCUT2D eigenvalue weighted by atomic mass is 35.5. The predicted molar refractivity (Wildman–Crippen MR) is 94.1 cm³/mol. The molecule has 9 nitrogen and oxygen atoms in total. The lowest BCUT2D eigenvalue weighted by Gasteiger charge is -2.11. The molecule has 2 aromatic heterocycles. The number of amides is 1. The van der Waals surface area contributed by atoms with Crippen LogP contribution < -0.4 is 10.6 Å². The van der Waals surface area contributed by atoms with Crippen molar-refractivity contribution >= 4 is 29.0 Å². The van der Waals surface area contributed by atoms with Crippen LogP contribution in [0.15, 0.2) is 12.3 Å². The lowest BCUT2D eigenvalue weighted by molar-refractivity contribution is -0.386. The maximum absolute atomic E-state index is 12.6. The summed E-state index contributed by atoms with van der Waals surface area (Å²) >= 11 is 5.77. The molecule has 0 aromatic carbocycles. The molecule has 2 heterocycles. The zero-order valence-electron chi connectivity index (χ0n) is 14.8. The Kier molecular flexibility index (Phi) is 6.44. The number of nitrogens with one attached hydrogen (secondary N) is 2. The highest BCUT2D eigenvalue weighted by Crippen LogP contribution is 2.32. The highest BCUT2D eigenvalue weighted by Gasteiger charge is 2.31. The third-order valence-electron chi connectivity index (χ3n) is 3.73. The van der Waals surface area contributed by atoms with E-state index in [1.165, 1.54) is 18.5 Å². The van der Waals surface area contributed by atoms with Gasteiger partial charge in [-0.3, -0.25) is 19.6 Å². The van der Waals surface area contributed by atoms with Gasteiger partial charge in [-0.25, -0.2) is 4.98 Å². The number of carbonyl (C=O) groups is 1. The molecule has 0 fully saturated rings. The first-order chi connectivity index (χ1) is 13.0. The van der Waals surface area contributed by atoms with Crippen LogP contribution in [0.5, 0.6) is 0 Å². The Labute approximate surface area is 162 Å². The molecule has 0 aliphatic carbocycles. The number of hydrogen-bond acceptors (Lipinski definition) is 6. The van der Waals surface area contributed by atoms with Crippen LogP contribution in [0.1, 0.15) is 17.0 Å². The molecule has 2 rings (SSSR count). The Morgan fingerprint density at radius 3 is 2.57 bits per heavy atom. The van der Waals surface area contributed by atoms with Crippen LogP contribution in [-0.4, -0.2) is 38.7 Å². The summed E-state index contributed by atoms with van der Waals surface area (Å²) in [7, 11) is 0. The summed E-state index contributed by atoms with van der Waals surface area (Å²) in [4.78, 5) is 26.0. The number of nitro groups is 1. The fourth-order valence-corrected chi connectivity index (χ4v) is 2.64. The summed E-state index contributed by atoms with van der Waals surface area (Å²) < 4.78 is 38.9. The summed E-state index contributed by atoms with van der Waals surface area (Å²) in [5.74, 6) is -0.383. The number of rotatable bonds is 7. The van der Waals surface area contributed by atoms with Crippen molar-refractivity contribution in [1.82, 2.24) is 20.1 Å². The number of nitrogens with zero attached hydrogens (tertiary/aromatic N) is 4. The molecule has 0 bridgehead atoms. The van der Waals surface area contributed by atoms with Gasteiger partial charge in [0.05, 0.1) is 15.5 Å². The van der Waals surface area contributed by atoms with Gasteiger partial charge >= 0.3 is 11.9 Å². The molecule has 13 heteroatoms. The fraction of sp³-hybridized carbons (Fsp3) is 0.400. The average Bonchev–Trinajstić information content (AvgIpc) is 2.85. The minimum atomic E-state index is -4.54. The molecule has 2 N–H and O–H groups in total. The van der Waals surface area contributed by atoms with E-state index in [-0.39, 0.29) is 47.6 Å². The van der Waals surface area contributed by atoms with E-state index in [1.54, 1.807) is 0 Å².